The van der Waals surface area contributed by atoms with Crippen LogP contribution in [0.4, 0.5) is 0 Å². The minimum absolute atomic E-state index is 0.0736. The molecule has 2 rings (SSSR count). The van der Waals surface area contributed by atoms with Crippen LogP contribution < -0.4 is 10.1 Å². The summed E-state index contributed by atoms with van der Waals surface area (Å²) in [6.45, 7) is 4.73. The first-order valence-electron chi connectivity index (χ1n) is 9.10. The van der Waals surface area contributed by atoms with Crippen LogP contribution in [0, 0.1) is 6.92 Å². The maximum absolute atomic E-state index is 12.4. The van der Waals surface area contributed by atoms with E-state index < -0.39 is 10.0 Å². The van der Waals surface area contributed by atoms with Crippen molar-refractivity contribution in [2.45, 2.75) is 6.92 Å². The maximum Gasteiger partial charge on any atom is 0.215 e. The zero-order valence-corrected chi connectivity index (χ0v) is 18.0. The van der Waals surface area contributed by atoms with Gasteiger partial charge in [-0.15, -0.1) is 0 Å². The van der Waals surface area contributed by atoms with Crippen molar-refractivity contribution in [3.8, 4) is 5.75 Å². The van der Waals surface area contributed by atoms with Gasteiger partial charge in [-0.3, -0.25) is 4.99 Å². The summed E-state index contributed by atoms with van der Waals surface area (Å²) in [5, 5.41) is 3.13. The van der Waals surface area contributed by atoms with Crippen LogP contribution in [0.15, 0.2) is 29.3 Å². The molecule has 9 heteroatoms. The number of nitrogens with one attached hydrogen (secondary N) is 1. The molecular weight excluding hydrogens is 384 g/mol. The Morgan fingerprint density at radius 1 is 1.33 bits per heavy atom. The highest BCUT2D eigenvalue weighted by Gasteiger charge is 2.23. The van der Waals surface area contributed by atoms with Crippen molar-refractivity contribution in [2.24, 2.45) is 4.99 Å². The quantitative estimate of drug-likeness (QED) is 0.510. The van der Waals surface area contributed by atoms with E-state index in [1.54, 1.807) is 23.1 Å². The number of para-hydroxylation sites is 1. The molecule has 0 aromatic heterocycles. The van der Waals surface area contributed by atoms with E-state index in [4.69, 9.17) is 4.74 Å². The van der Waals surface area contributed by atoms with Crippen molar-refractivity contribution in [2.75, 3.05) is 64.1 Å². The van der Waals surface area contributed by atoms with E-state index in [0.29, 0.717) is 38.7 Å². The van der Waals surface area contributed by atoms with Gasteiger partial charge in [-0.2, -0.15) is 11.8 Å². The second kappa shape index (κ2) is 10.8. The normalized spacial score (nSPS) is 16.2. The van der Waals surface area contributed by atoms with E-state index in [1.807, 2.05) is 43.1 Å². The van der Waals surface area contributed by atoms with Crippen LogP contribution in [0.1, 0.15) is 5.56 Å². The number of rotatable bonds is 8. The molecular formula is C18H30N4O3S2. The minimum atomic E-state index is -3.21. The molecule has 0 radical (unpaired) electrons. The largest absolute Gasteiger partial charge is 0.491 e. The number of aliphatic imine (C=N–C) groups is 1. The number of nitrogens with zero attached hydrogens (tertiary/aromatic N) is 3. The Kier molecular flexibility index (Phi) is 8.72. The minimum Gasteiger partial charge on any atom is -0.491 e. The first-order chi connectivity index (χ1) is 12.9. The summed E-state index contributed by atoms with van der Waals surface area (Å²) in [5.74, 6) is 3.35. The number of likely N-dealkylation sites (N-methyl/N-ethyl adjacent to an activating group) is 1. The molecule has 0 aliphatic carbocycles. The molecule has 1 heterocycles. The molecule has 27 heavy (non-hydrogen) atoms. The third-order valence-corrected chi connectivity index (χ3v) is 7.17. The van der Waals surface area contributed by atoms with Crippen molar-refractivity contribution in [1.29, 1.82) is 0 Å². The average Bonchev–Trinajstić information content (AvgIpc) is 2.67. The molecule has 0 saturated carbocycles. The summed E-state index contributed by atoms with van der Waals surface area (Å²) < 4.78 is 32.2. The Morgan fingerprint density at radius 2 is 2.04 bits per heavy atom. The number of hydrogen-bond acceptors (Lipinski definition) is 5. The standard InChI is InChI=1S/C18H30N4O3S2/c1-16-6-4-5-7-17(16)25-12-9-21(3)18(19-2)20-8-15-27(23,24)22-10-13-26-14-11-22/h4-7H,8-15H2,1-3H3,(H,19,20). The van der Waals surface area contributed by atoms with Crippen molar-refractivity contribution < 1.29 is 13.2 Å². The lowest BCUT2D eigenvalue weighted by Gasteiger charge is -2.26. The lowest BCUT2D eigenvalue weighted by atomic mass is 10.2. The molecule has 0 atom stereocenters. The van der Waals surface area contributed by atoms with Gasteiger partial charge < -0.3 is 15.0 Å². The summed E-state index contributed by atoms with van der Waals surface area (Å²) in [7, 11) is 0.390. The van der Waals surface area contributed by atoms with Crippen LogP contribution in [0.3, 0.4) is 0 Å². The van der Waals surface area contributed by atoms with Crippen LogP contribution in [0.5, 0.6) is 5.75 Å². The van der Waals surface area contributed by atoms with Gasteiger partial charge in [0.15, 0.2) is 5.96 Å². The summed E-state index contributed by atoms with van der Waals surface area (Å²) in [6.07, 6.45) is 0. The highest BCUT2D eigenvalue weighted by Crippen LogP contribution is 2.16. The first-order valence-corrected chi connectivity index (χ1v) is 11.9. The van der Waals surface area contributed by atoms with Crippen LogP contribution in [-0.2, 0) is 10.0 Å². The van der Waals surface area contributed by atoms with E-state index in [1.165, 1.54) is 0 Å². The molecule has 0 bridgehead atoms. The van der Waals surface area contributed by atoms with Crippen LogP contribution >= 0.6 is 11.8 Å². The highest BCUT2D eigenvalue weighted by atomic mass is 32.2. The van der Waals surface area contributed by atoms with E-state index in [2.05, 4.69) is 10.3 Å². The molecule has 0 spiro atoms. The fraction of sp³-hybridized carbons (Fsp3) is 0.611. The van der Waals surface area contributed by atoms with Gasteiger partial charge in [0.1, 0.15) is 12.4 Å². The van der Waals surface area contributed by atoms with Gasteiger partial charge >= 0.3 is 0 Å². The fourth-order valence-electron chi connectivity index (χ4n) is 2.75. The van der Waals surface area contributed by atoms with Crippen molar-refractivity contribution in [3.05, 3.63) is 29.8 Å². The van der Waals surface area contributed by atoms with E-state index in [9.17, 15) is 8.42 Å². The number of thioether (sulfide) groups is 1. The number of aryl methyl sites for hydroxylation is 1. The Balaban J connectivity index is 1.74. The molecule has 152 valence electrons. The van der Waals surface area contributed by atoms with Gasteiger partial charge in [0.25, 0.3) is 0 Å². The number of guanidine groups is 1. The molecule has 0 amide bonds. The lowest BCUT2D eigenvalue weighted by molar-refractivity contribution is 0.280. The monoisotopic (exact) mass is 414 g/mol. The van der Waals surface area contributed by atoms with Gasteiger partial charge in [-0.1, -0.05) is 18.2 Å². The number of ether oxygens (including phenoxy) is 1. The molecule has 1 fully saturated rings. The number of hydrogen-bond donors (Lipinski definition) is 1. The third kappa shape index (κ3) is 6.90. The predicted molar refractivity (Wildman–Crippen MR) is 113 cm³/mol. The molecule has 7 nitrogen and oxygen atoms in total. The third-order valence-electron chi connectivity index (χ3n) is 4.36. The second-order valence-corrected chi connectivity index (χ2v) is 9.65. The summed E-state index contributed by atoms with van der Waals surface area (Å²) >= 11 is 1.80. The summed E-state index contributed by atoms with van der Waals surface area (Å²) in [6, 6.07) is 7.90. The van der Waals surface area contributed by atoms with Gasteiger partial charge in [0, 0.05) is 45.2 Å². The number of benzene rings is 1. The maximum atomic E-state index is 12.4. The molecule has 1 aromatic carbocycles. The second-order valence-electron chi connectivity index (χ2n) is 6.34. The highest BCUT2D eigenvalue weighted by molar-refractivity contribution is 7.99. The van der Waals surface area contributed by atoms with Gasteiger partial charge in [0.2, 0.25) is 10.0 Å². The van der Waals surface area contributed by atoms with Crippen LogP contribution in [0.2, 0.25) is 0 Å². The topological polar surface area (TPSA) is 74.2 Å². The molecule has 1 saturated heterocycles. The van der Waals surface area contributed by atoms with Gasteiger partial charge in [-0.25, -0.2) is 12.7 Å². The van der Waals surface area contributed by atoms with Gasteiger partial charge in [0.05, 0.1) is 12.3 Å². The van der Waals surface area contributed by atoms with E-state index in [0.717, 1.165) is 22.8 Å². The Bertz CT molecular complexity index is 719. The zero-order valence-electron chi connectivity index (χ0n) is 16.3. The number of sulfonamides is 1. The molecule has 1 aromatic rings. The Hall–Kier alpha value is -1.45. The smallest absolute Gasteiger partial charge is 0.215 e. The Labute approximate surface area is 167 Å². The average molecular weight is 415 g/mol. The van der Waals surface area contributed by atoms with Gasteiger partial charge in [-0.05, 0) is 18.6 Å². The fourth-order valence-corrected chi connectivity index (χ4v) is 5.24. The first kappa shape index (κ1) is 21.8. The molecule has 1 aliphatic rings. The molecule has 0 unspecified atom stereocenters. The SMILES string of the molecule is CN=C(NCCS(=O)(=O)N1CCSCC1)N(C)CCOc1ccccc1C. The Morgan fingerprint density at radius 3 is 2.70 bits per heavy atom. The van der Waals surface area contributed by atoms with E-state index in [-0.39, 0.29) is 5.75 Å². The summed E-state index contributed by atoms with van der Waals surface area (Å²) in [5.41, 5.74) is 1.10. The lowest BCUT2D eigenvalue weighted by Crippen LogP contribution is -2.45. The van der Waals surface area contributed by atoms with Crippen molar-refractivity contribution in [3.63, 3.8) is 0 Å². The molecule has 1 N–H and O–H groups in total. The van der Waals surface area contributed by atoms with Crippen LogP contribution in [0.25, 0.3) is 0 Å². The summed E-state index contributed by atoms with van der Waals surface area (Å²) in [4.78, 5) is 6.16. The predicted octanol–water partition coefficient (Wildman–Crippen LogP) is 1.26. The van der Waals surface area contributed by atoms with E-state index >= 15 is 0 Å². The molecule has 1 aliphatic heterocycles. The van der Waals surface area contributed by atoms with Crippen molar-refractivity contribution >= 4 is 27.7 Å². The van der Waals surface area contributed by atoms with Crippen LogP contribution in [-0.4, -0.2) is 87.7 Å². The van der Waals surface area contributed by atoms with Crippen molar-refractivity contribution in [1.82, 2.24) is 14.5 Å². The zero-order chi connectivity index (χ0) is 19.7.